The van der Waals surface area contributed by atoms with E-state index >= 15 is 0 Å². The number of aliphatic hydroxyl groups is 1. The van der Waals surface area contributed by atoms with Gasteiger partial charge in [-0.15, -0.1) is 11.8 Å². The van der Waals surface area contributed by atoms with Gasteiger partial charge in [0, 0.05) is 17.4 Å². The second-order valence-electron chi connectivity index (χ2n) is 3.25. The van der Waals surface area contributed by atoms with Crippen LogP contribution >= 0.6 is 11.8 Å². The number of thioether (sulfide) groups is 1. The van der Waals surface area contributed by atoms with Gasteiger partial charge in [-0.3, -0.25) is 0 Å². The first kappa shape index (κ1) is 11.3. The Kier molecular flexibility index (Phi) is 4.23. The van der Waals surface area contributed by atoms with E-state index in [1.165, 1.54) is 10.5 Å². The van der Waals surface area contributed by atoms with Crippen LogP contribution in [0.5, 0.6) is 0 Å². The molecule has 0 aliphatic heterocycles. The molecule has 1 atom stereocenters. The topological polar surface area (TPSA) is 20.2 Å². The number of aliphatic hydroxyl groups excluding tert-OH is 1. The van der Waals surface area contributed by atoms with Crippen LogP contribution in [-0.4, -0.2) is 18.0 Å². The SMILES string of the molecule is C=Cc1c(SC)cccc1C(C)CO. The van der Waals surface area contributed by atoms with Gasteiger partial charge in [-0.2, -0.15) is 0 Å². The van der Waals surface area contributed by atoms with Gasteiger partial charge < -0.3 is 5.11 Å². The summed E-state index contributed by atoms with van der Waals surface area (Å²) < 4.78 is 0. The van der Waals surface area contributed by atoms with E-state index in [0.29, 0.717) is 0 Å². The summed E-state index contributed by atoms with van der Waals surface area (Å²) in [5.74, 6) is 0.176. The zero-order valence-corrected chi connectivity index (χ0v) is 9.47. The number of benzene rings is 1. The Bertz CT molecular complexity index is 320. The molecular formula is C12H16OS. The van der Waals surface area contributed by atoms with Crippen LogP contribution in [0.1, 0.15) is 24.0 Å². The molecule has 0 bridgehead atoms. The highest BCUT2D eigenvalue weighted by atomic mass is 32.2. The highest BCUT2D eigenvalue weighted by Crippen LogP contribution is 2.28. The summed E-state index contributed by atoms with van der Waals surface area (Å²) in [5.41, 5.74) is 2.33. The highest BCUT2D eigenvalue weighted by Gasteiger charge is 2.10. The normalized spacial score (nSPS) is 12.5. The molecule has 0 fully saturated rings. The lowest BCUT2D eigenvalue weighted by Crippen LogP contribution is -2.01. The Morgan fingerprint density at radius 2 is 2.29 bits per heavy atom. The number of rotatable bonds is 4. The molecule has 0 aliphatic rings. The first-order chi connectivity index (χ1) is 6.74. The van der Waals surface area contributed by atoms with Gasteiger partial charge in [0.25, 0.3) is 0 Å². The van der Waals surface area contributed by atoms with E-state index in [1.54, 1.807) is 11.8 Å². The number of hydrogen-bond donors (Lipinski definition) is 1. The Hall–Kier alpha value is -0.730. The zero-order chi connectivity index (χ0) is 10.6. The van der Waals surface area contributed by atoms with Crippen molar-refractivity contribution in [2.45, 2.75) is 17.7 Å². The molecule has 0 amide bonds. The molecule has 0 aromatic heterocycles. The summed E-state index contributed by atoms with van der Waals surface area (Å²) in [5, 5.41) is 9.13. The van der Waals surface area contributed by atoms with Crippen molar-refractivity contribution in [1.82, 2.24) is 0 Å². The molecule has 0 saturated carbocycles. The average molecular weight is 208 g/mol. The maximum Gasteiger partial charge on any atom is 0.0497 e. The van der Waals surface area contributed by atoms with Crippen LogP contribution < -0.4 is 0 Å². The standard InChI is InChI=1S/C12H16OS/c1-4-10-11(9(2)8-13)6-5-7-12(10)14-3/h4-7,9,13H,1,8H2,2-3H3. The predicted molar refractivity (Wildman–Crippen MR) is 63.8 cm³/mol. The Balaban J connectivity index is 3.21. The van der Waals surface area contributed by atoms with Crippen LogP contribution in [0.25, 0.3) is 6.08 Å². The molecule has 76 valence electrons. The first-order valence-electron chi connectivity index (χ1n) is 4.64. The molecule has 0 saturated heterocycles. The maximum absolute atomic E-state index is 9.13. The molecule has 1 nitrogen and oxygen atoms in total. The quantitative estimate of drug-likeness (QED) is 0.767. The smallest absolute Gasteiger partial charge is 0.0497 e. The fraction of sp³-hybridized carbons (Fsp3) is 0.333. The lowest BCUT2D eigenvalue weighted by atomic mass is 9.96. The molecule has 0 heterocycles. The summed E-state index contributed by atoms with van der Waals surface area (Å²) in [4.78, 5) is 1.22. The Labute approximate surface area is 89.8 Å². The predicted octanol–water partition coefficient (Wildman–Crippen LogP) is 3.15. The summed E-state index contributed by atoms with van der Waals surface area (Å²) in [6.07, 6.45) is 3.92. The van der Waals surface area contributed by atoms with E-state index in [9.17, 15) is 0 Å². The lowest BCUT2D eigenvalue weighted by molar-refractivity contribution is 0.273. The van der Waals surface area contributed by atoms with Crippen LogP contribution in [0.4, 0.5) is 0 Å². The largest absolute Gasteiger partial charge is 0.396 e. The third-order valence-electron chi connectivity index (χ3n) is 2.33. The third kappa shape index (κ3) is 2.20. The van der Waals surface area contributed by atoms with Crippen LogP contribution in [-0.2, 0) is 0 Å². The molecule has 1 aromatic rings. The molecule has 0 aliphatic carbocycles. The molecule has 2 heteroatoms. The van der Waals surface area contributed by atoms with Crippen molar-refractivity contribution in [2.75, 3.05) is 12.9 Å². The van der Waals surface area contributed by atoms with Crippen LogP contribution in [0, 0.1) is 0 Å². The van der Waals surface area contributed by atoms with Crippen LogP contribution in [0.2, 0.25) is 0 Å². The monoisotopic (exact) mass is 208 g/mol. The summed E-state index contributed by atoms with van der Waals surface area (Å²) in [7, 11) is 0. The average Bonchev–Trinajstić information content (AvgIpc) is 2.26. The van der Waals surface area contributed by atoms with Crippen molar-refractivity contribution >= 4 is 17.8 Å². The molecule has 1 unspecified atom stereocenters. The van der Waals surface area contributed by atoms with Gasteiger partial charge >= 0.3 is 0 Å². The van der Waals surface area contributed by atoms with Crippen molar-refractivity contribution in [3.8, 4) is 0 Å². The fourth-order valence-electron chi connectivity index (χ4n) is 1.49. The molecule has 14 heavy (non-hydrogen) atoms. The van der Waals surface area contributed by atoms with E-state index in [-0.39, 0.29) is 12.5 Å². The lowest BCUT2D eigenvalue weighted by Gasteiger charge is -2.14. The fourth-order valence-corrected chi connectivity index (χ4v) is 2.12. The minimum Gasteiger partial charge on any atom is -0.396 e. The second-order valence-corrected chi connectivity index (χ2v) is 4.10. The molecule has 1 rings (SSSR count). The van der Waals surface area contributed by atoms with Gasteiger partial charge in [0.1, 0.15) is 0 Å². The molecule has 1 aromatic carbocycles. The van der Waals surface area contributed by atoms with Gasteiger partial charge in [0.15, 0.2) is 0 Å². The van der Waals surface area contributed by atoms with E-state index in [2.05, 4.69) is 25.0 Å². The molecule has 1 N–H and O–H groups in total. The van der Waals surface area contributed by atoms with E-state index < -0.39 is 0 Å². The van der Waals surface area contributed by atoms with Crippen molar-refractivity contribution in [1.29, 1.82) is 0 Å². The molecule has 0 spiro atoms. The second kappa shape index (κ2) is 5.23. The van der Waals surface area contributed by atoms with Crippen molar-refractivity contribution in [3.05, 3.63) is 35.9 Å². The van der Waals surface area contributed by atoms with Crippen molar-refractivity contribution in [2.24, 2.45) is 0 Å². The van der Waals surface area contributed by atoms with Crippen molar-refractivity contribution in [3.63, 3.8) is 0 Å². The zero-order valence-electron chi connectivity index (χ0n) is 8.66. The third-order valence-corrected chi connectivity index (χ3v) is 3.12. The molecular weight excluding hydrogens is 192 g/mol. The minimum absolute atomic E-state index is 0.176. The maximum atomic E-state index is 9.13. The van der Waals surface area contributed by atoms with Crippen molar-refractivity contribution < 1.29 is 5.11 Å². The van der Waals surface area contributed by atoms with E-state index in [1.807, 2.05) is 19.1 Å². The van der Waals surface area contributed by atoms with Gasteiger partial charge in [-0.25, -0.2) is 0 Å². The summed E-state index contributed by atoms with van der Waals surface area (Å²) >= 11 is 1.71. The number of hydrogen-bond acceptors (Lipinski definition) is 2. The van der Waals surface area contributed by atoms with E-state index in [0.717, 1.165) is 5.56 Å². The minimum atomic E-state index is 0.176. The summed E-state index contributed by atoms with van der Waals surface area (Å²) in [6, 6.07) is 6.16. The van der Waals surface area contributed by atoms with Gasteiger partial charge in [-0.05, 0) is 23.4 Å². The van der Waals surface area contributed by atoms with Crippen LogP contribution in [0.3, 0.4) is 0 Å². The van der Waals surface area contributed by atoms with Gasteiger partial charge in [0.2, 0.25) is 0 Å². The van der Waals surface area contributed by atoms with Crippen LogP contribution in [0.15, 0.2) is 29.7 Å². The molecule has 0 radical (unpaired) electrons. The Morgan fingerprint density at radius 1 is 1.57 bits per heavy atom. The Morgan fingerprint density at radius 3 is 2.79 bits per heavy atom. The first-order valence-corrected chi connectivity index (χ1v) is 5.87. The van der Waals surface area contributed by atoms with Gasteiger partial charge in [0.05, 0.1) is 0 Å². The highest BCUT2D eigenvalue weighted by molar-refractivity contribution is 7.98. The van der Waals surface area contributed by atoms with Gasteiger partial charge in [-0.1, -0.05) is 31.7 Å². The summed E-state index contributed by atoms with van der Waals surface area (Å²) in [6.45, 7) is 6.02. The van der Waals surface area contributed by atoms with E-state index in [4.69, 9.17) is 5.11 Å².